The smallest absolute Gasteiger partial charge is 0.261 e. The lowest BCUT2D eigenvalue weighted by Crippen LogP contribution is -2.06. The van der Waals surface area contributed by atoms with E-state index in [-0.39, 0.29) is 10.8 Å². The summed E-state index contributed by atoms with van der Waals surface area (Å²) < 4.78 is 28.9. The van der Waals surface area contributed by atoms with E-state index in [1.807, 2.05) is 25.6 Å². The lowest BCUT2D eigenvalue weighted by Gasteiger charge is -2.16. The fourth-order valence-corrected chi connectivity index (χ4v) is 3.57. The number of ether oxygens (including phenoxy) is 1. The summed E-state index contributed by atoms with van der Waals surface area (Å²) in [5.74, 6) is 2.89. The highest BCUT2D eigenvalue weighted by Crippen LogP contribution is 2.33. The normalized spacial score (nSPS) is 11.9. The Morgan fingerprint density at radius 3 is 2.50 bits per heavy atom. The number of benzene rings is 1. The second-order valence-corrected chi connectivity index (χ2v) is 8.72. The van der Waals surface area contributed by atoms with E-state index < -0.39 is 9.05 Å². The first-order valence-corrected chi connectivity index (χ1v) is 10.0. The Bertz CT molecular complexity index is 554. The van der Waals surface area contributed by atoms with Gasteiger partial charge in [0.1, 0.15) is 5.75 Å². The van der Waals surface area contributed by atoms with Crippen LogP contribution in [0.2, 0.25) is 0 Å². The average molecular weight is 337 g/mol. The Morgan fingerprint density at radius 1 is 1.35 bits per heavy atom. The Kier molecular flexibility index (Phi) is 6.69. The molecule has 0 aliphatic heterocycles. The molecule has 0 fully saturated rings. The molecule has 0 saturated carbocycles. The molecule has 0 spiro atoms. The van der Waals surface area contributed by atoms with E-state index in [4.69, 9.17) is 15.4 Å². The maximum atomic E-state index is 11.6. The van der Waals surface area contributed by atoms with Gasteiger partial charge in [0.2, 0.25) is 0 Å². The lowest BCUT2D eigenvalue weighted by atomic mass is 10.0. The number of thioether (sulfide) groups is 1. The molecule has 0 heterocycles. The predicted octanol–water partition coefficient (Wildman–Crippen LogP) is 4.18. The molecular weight excluding hydrogens is 316 g/mol. The van der Waals surface area contributed by atoms with Gasteiger partial charge in [-0.25, -0.2) is 8.42 Å². The highest BCUT2D eigenvalue weighted by atomic mass is 35.7. The van der Waals surface area contributed by atoms with Gasteiger partial charge in [0.15, 0.2) is 0 Å². The summed E-state index contributed by atoms with van der Waals surface area (Å²) in [5.41, 5.74) is 1.49. The third-order valence-corrected chi connectivity index (χ3v) is 5.21. The van der Waals surface area contributed by atoms with Gasteiger partial charge in [0.25, 0.3) is 9.05 Å². The minimum atomic E-state index is -3.72. The zero-order chi connectivity index (χ0) is 15.3. The van der Waals surface area contributed by atoms with Gasteiger partial charge in [-0.2, -0.15) is 11.8 Å². The Balaban J connectivity index is 3.09. The second kappa shape index (κ2) is 7.57. The molecule has 1 rings (SSSR count). The molecule has 0 saturated heterocycles. The summed E-state index contributed by atoms with van der Waals surface area (Å²) in [6, 6.07) is 3.39. The van der Waals surface area contributed by atoms with E-state index >= 15 is 0 Å². The molecule has 1 aromatic carbocycles. The monoisotopic (exact) mass is 336 g/mol. The van der Waals surface area contributed by atoms with E-state index in [9.17, 15) is 8.42 Å². The maximum absolute atomic E-state index is 11.6. The molecule has 0 radical (unpaired) electrons. The van der Waals surface area contributed by atoms with E-state index in [0.717, 1.165) is 22.8 Å². The standard InChI is InChI=1S/C14H21ClO3S2/c1-5-19-7-6-18-13-8-11(4)14(20(15,16)17)9-12(13)10(2)3/h8-10H,5-7H2,1-4H3. The summed E-state index contributed by atoms with van der Waals surface area (Å²) in [6.45, 7) is 8.46. The van der Waals surface area contributed by atoms with Gasteiger partial charge in [-0.3, -0.25) is 0 Å². The Morgan fingerprint density at radius 2 is 2.00 bits per heavy atom. The van der Waals surface area contributed by atoms with Gasteiger partial charge in [-0.05, 0) is 41.9 Å². The van der Waals surface area contributed by atoms with Crippen molar-refractivity contribution in [3.05, 3.63) is 23.3 Å². The maximum Gasteiger partial charge on any atom is 0.261 e. The first-order chi connectivity index (χ1) is 9.27. The average Bonchev–Trinajstić information content (AvgIpc) is 2.32. The van der Waals surface area contributed by atoms with Crippen LogP contribution in [-0.2, 0) is 9.05 Å². The van der Waals surface area contributed by atoms with Crippen molar-refractivity contribution in [3.63, 3.8) is 0 Å². The van der Waals surface area contributed by atoms with Crippen LogP contribution in [0.5, 0.6) is 5.75 Å². The quantitative estimate of drug-likeness (QED) is 0.553. The van der Waals surface area contributed by atoms with Crippen molar-refractivity contribution >= 4 is 31.5 Å². The number of halogens is 1. The van der Waals surface area contributed by atoms with Crippen LogP contribution < -0.4 is 4.74 Å². The molecule has 114 valence electrons. The molecule has 0 aliphatic rings. The molecule has 0 aliphatic carbocycles. The van der Waals surface area contributed by atoms with Gasteiger partial charge in [-0.15, -0.1) is 0 Å². The highest BCUT2D eigenvalue weighted by molar-refractivity contribution is 8.13. The molecule has 0 amide bonds. The largest absolute Gasteiger partial charge is 0.492 e. The van der Waals surface area contributed by atoms with Crippen molar-refractivity contribution < 1.29 is 13.2 Å². The van der Waals surface area contributed by atoms with E-state index in [2.05, 4.69) is 6.92 Å². The van der Waals surface area contributed by atoms with Gasteiger partial charge < -0.3 is 4.74 Å². The van der Waals surface area contributed by atoms with Crippen LogP contribution in [0.15, 0.2) is 17.0 Å². The number of hydrogen-bond acceptors (Lipinski definition) is 4. The molecular formula is C14H21ClO3S2. The van der Waals surface area contributed by atoms with Gasteiger partial charge in [0.05, 0.1) is 11.5 Å². The summed E-state index contributed by atoms with van der Waals surface area (Å²) in [6.07, 6.45) is 0. The van der Waals surface area contributed by atoms with Crippen LogP contribution in [0.1, 0.15) is 37.8 Å². The molecule has 20 heavy (non-hydrogen) atoms. The highest BCUT2D eigenvalue weighted by Gasteiger charge is 2.19. The predicted molar refractivity (Wildman–Crippen MR) is 86.8 cm³/mol. The molecule has 0 atom stereocenters. The van der Waals surface area contributed by atoms with Crippen molar-refractivity contribution in [2.75, 3.05) is 18.1 Å². The van der Waals surface area contributed by atoms with E-state index in [0.29, 0.717) is 12.2 Å². The van der Waals surface area contributed by atoms with Crippen molar-refractivity contribution in [2.45, 2.75) is 38.5 Å². The molecule has 0 bridgehead atoms. The number of aryl methyl sites for hydroxylation is 1. The zero-order valence-electron chi connectivity index (χ0n) is 12.3. The van der Waals surface area contributed by atoms with Gasteiger partial charge in [-0.1, -0.05) is 20.8 Å². The first-order valence-electron chi connectivity index (χ1n) is 6.57. The third-order valence-electron chi connectivity index (χ3n) is 2.88. The third kappa shape index (κ3) is 4.86. The summed E-state index contributed by atoms with van der Waals surface area (Å²) >= 11 is 1.81. The van der Waals surface area contributed by atoms with Gasteiger partial charge >= 0.3 is 0 Å². The van der Waals surface area contributed by atoms with Crippen LogP contribution in [0, 0.1) is 6.92 Å². The molecule has 3 nitrogen and oxygen atoms in total. The second-order valence-electron chi connectivity index (χ2n) is 4.79. The van der Waals surface area contributed by atoms with Crippen LogP contribution in [0.4, 0.5) is 0 Å². The fourth-order valence-electron chi connectivity index (χ4n) is 1.87. The van der Waals surface area contributed by atoms with Gasteiger partial charge in [0, 0.05) is 16.4 Å². The summed E-state index contributed by atoms with van der Waals surface area (Å²) in [4.78, 5) is 0.165. The SMILES string of the molecule is CCSCCOc1cc(C)c(S(=O)(=O)Cl)cc1C(C)C. The number of hydrogen-bond donors (Lipinski definition) is 0. The van der Waals surface area contributed by atoms with E-state index in [1.54, 1.807) is 19.1 Å². The molecule has 6 heteroatoms. The van der Waals surface area contributed by atoms with Crippen molar-refractivity contribution in [2.24, 2.45) is 0 Å². The van der Waals surface area contributed by atoms with E-state index in [1.165, 1.54) is 0 Å². The number of rotatable bonds is 7. The minimum absolute atomic E-state index is 0.165. The summed E-state index contributed by atoms with van der Waals surface area (Å²) in [7, 11) is 1.74. The van der Waals surface area contributed by atoms with Crippen LogP contribution >= 0.6 is 22.4 Å². The minimum Gasteiger partial charge on any atom is -0.492 e. The van der Waals surface area contributed by atoms with Crippen molar-refractivity contribution in [1.82, 2.24) is 0 Å². The Hall–Kier alpha value is -0.390. The van der Waals surface area contributed by atoms with Crippen molar-refractivity contribution in [3.8, 4) is 5.75 Å². The topological polar surface area (TPSA) is 43.4 Å². The van der Waals surface area contributed by atoms with Crippen LogP contribution in [0.3, 0.4) is 0 Å². The molecule has 0 N–H and O–H groups in total. The van der Waals surface area contributed by atoms with Crippen molar-refractivity contribution in [1.29, 1.82) is 0 Å². The zero-order valence-corrected chi connectivity index (χ0v) is 14.7. The van der Waals surface area contributed by atoms with Crippen LogP contribution in [-0.4, -0.2) is 26.5 Å². The summed E-state index contributed by atoms with van der Waals surface area (Å²) in [5, 5.41) is 0. The molecule has 1 aromatic rings. The fraction of sp³-hybridized carbons (Fsp3) is 0.571. The molecule has 0 unspecified atom stereocenters. The van der Waals surface area contributed by atoms with Crippen LogP contribution in [0.25, 0.3) is 0 Å². The Labute approximate surface area is 130 Å². The molecule has 0 aromatic heterocycles. The first kappa shape index (κ1) is 17.7. The lowest BCUT2D eigenvalue weighted by molar-refractivity contribution is 0.338.